The SMILES string of the molecule is CCc1ccccc1N1CCN(C(=O)C2=Cc3cc(OC)ccc3-c3c(C4CCCCC4)c4ccc(C(=O)NS(=O)(=O)N(C)C)cc4n3C2)CC1. The molecule has 1 N–H and O–H groups in total. The van der Waals surface area contributed by atoms with E-state index in [1.165, 1.54) is 37.3 Å². The predicted octanol–water partition coefficient (Wildman–Crippen LogP) is 6.21. The molecule has 1 aliphatic carbocycles. The lowest BCUT2D eigenvalue weighted by molar-refractivity contribution is -0.127. The molecular formula is C40H47N5O5S. The van der Waals surface area contributed by atoms with Crippen molar-refractivity contribution in [1.29, 1.82) is 0 Å². The molecule has 0 spiro atoms. The van der Waals surface area contributed by atoms with Crippen LogP contribution in [-0.4, -0.2) is 81.4 Å². The average molecular weight is 710 g/mol. The Labute approximate surface area is 300 Å². The highest BCUT2D eigenvalue weighted by atomic mass is 32.2. The largest absolute Gasteiger partial charge is 0.497 e. The van der Waals surface area contributed by atoms with Crippen molar-refractivity contribution in [2.24, 2.45) is 0 Å². The molecule has 4 aromatic rings. The van der Waals surface area contributed by atoms with E-state index in [0.717, 1.165) is 77.2 Å². The van der Waals surface area contributed by atoms with E-state index < -0.39 is 16.1 Å². The second-order valence-corrected chi connectivity index (χ2v) is 15.9. The number of piperazine rings is 1. The molecule has 7 rings (SSSR count). The van der Waals surface area contributed by atoms with Gasteiger partial charge in [0.25, 0.3) is 11.8 Å². The maximum atomic E-state index is 14.5. The van der Waals surface area contributed by atoms with E-state index in [-0.39, 0.29) is 11.5 Å². The molecule has 3 aromatic carbocycles. The molecule has 1 aromatic heterocycles. The molecule has 11 heteroatoms. The van der Waals surface area contributed by atoms with Gasteiger partial charge < -0.3 is 19.1 Å². The summed E-state index contributed by atoms with van der Waals surface area (Å²) in [6, 6.07) is 20.0. The summed E-state index contributed by atoms with van der Waals surface area (Å²) in [5, 5.41) is 1.03. The van der Waals surface area contributed by atoms with E-state index in [4.69, 9.17) is 4.74 Å². The molecule has 1 saturated heterocycles. The van der Waals surface area contributed by atoms with Crippen LogP contribution in [0, 0.1) is 0 Å². The van der Waals surface area contributed by atoms with Crippen molar-refractivity contribution in [2.75, 3.05) is 52.3 Å². The zero-order valence-corrected chi connectivity index (χ0v) is 30.8. The number of ether oxygens (including phenoxy) is 1. The number of carbonyl (C=O) groups excluding carboxylic acids is 2. The molecule has 0 bridgehead atoms. The van der Waals surface area contributed by atoms with Crippen LogP contribution in [0.4, 0.5) is 5.69 Å². The number of benzene rings is 3. The lowest BCUT2D eigenvalue weighted by Gasteiger charge is -2.37. The number of fused-ring (bicyclic) bond motifs is 5. The van der Waals surface area contributed by atoms with Crippen LogP contribution in [0.5, 0.6) is 5.75 Å². The fourth-order valence-corrected chi connectivity index (χ4v) is 8.59. The molecule has 0 radical (unpaired) electrons. The van der Waals surface area contributed by atoms with Gasteiger partial charge in [-0.25, -0.2) is 4.72 Å². The van der Waals surface area contributed by atoms with E-state index in [9.17, 15) is 18.0 Å². The first-order valence-corrected chi connectivity index (χ1v) is 19.5. The standard InChI is InChI=1S/C40H47N5O5S/c1-5-27-11-9-10-14-35(27)43-19-21-44(22-20-43)40(47)31-23-30-24-32(50-4)16-18-33(30)38-37(28-12-7-6-8-13-28)34-17-15-29(25-36(34)45(38)26-31)39(46)41-51(48,49)42(2)3/h9-11,14-18,23-25,28H,5-8,12-13,19-22,26H2,1-4H3,(H,41,46). The molecular weight excluding hydrogens is 663 g/mol. The van der Waals surface area contributed by atoms with Crippen molar-refractivity contribution in [3.63, 3.8) is 0 Å². The third-order valence-corrected chi connectivity index (χ3v) is 12.2. The Morgan fingerprint density at radius 2 is 1.69 bits per heavy atom. The Bertz CT molecular complexity index is 2120. The Hall–Kier alpha value is -4.61. The molecule has 2 amide bonds. The fraction of sp³-hybridized carbons (Fsp3) is 0.400. The fourth-order valence-electron chi connectivity index (χ4n) is 8.05. The van der Waals surface area contributed by atoms with Crippen molar-refractivity contribution in [1.82, 2.24) is 18.5 Å². The number of nitrogens with one attached hydrogen (secondary N) is 1. The normalized spacial score (nSPS) is 16.8. The van der Waals surface area contributed by atoms with Gasteiger partial charge in [0.15, 0.2) is 0 Å². The minimum absolute atomic E-state index is 0.00733. The van der Waals surface area contributed by atoms with Crippen molar-refractivity contribution in [3.05, 3.63) is 88.5 Å². The second-order valence-electron chi connectivity index (χ2n) is 14.0. The zero-order valence-electron chi connectivity index (χ0n) is 29.9. The summed E-state index contributed by atoms with van der Waals surface area (Å²) in [6.45, 7) is 5.20. The summed E-state index contributed by atoms with van der Waals surface area (Å²) < 4.78 is 36.2. The van der Waals surface area contributed by atoms with Gasteiger partial charge >= 0.3 is 10.2 Å². The minimum Gasteiger partial charge on any atom is -0.497 e. The molecule has 1 saturated carbocycles. The first kappa shape index (κ1) is 34.8. The molecule has 0 unspecified atom stereocenters. The maximum absolute atomic E-state index is 14.5. The third kappa shape index (κ3) is 6.65. The third-order valence-electron chi connectivity index (χ3n) is 10.8. The smallest absolute Gasteiger partial charge is 0.303 e. The highest BCUT2D eigenvalue weighted by Gasteiger charge is 2.33. The van der Waals surface area contributed by atoms with Gasteiger partial charge in [0.2, 0.25) is 0 Å². The van der Waals surface area contributed by atoms with Gasteiger partial charge in [0, 0.05) is 73.6 Å². The van der Waals surface area contributed by atoms with Crippen molar-refractivity contribution in [2.45, 2.75) is 57.9 Å². The summed E-state index contributed by atoms with van der Waals surface area (Å²) in [6.07, 6.45) is 8.59. The lowest BCUT2D eigenvalue weighted by atomic mass is 9.81. The molecule has 2 fully saturated rings. The number of aryl methyl sites for hydroxylation is 1. The Morgan fingerprint density at radius 1 is 0.941 bits per heavy atom. The Kier molecular flexibility index (Phi) is 9.69. The van der Waals surface area contributed by atoms with Crippen LogP contribution in [0.1, 0.15) is 72.0 Å². The van der Waals surface area contributed by atoms with E-state index in [0.29, 0.717) is 36.9 Å². The molecule has 3 aliphatic rings. The molecule has 2 aliphatic heterocycles. The number of methoxy groups -OCH3 is 1. The Balaban J connectivity index is 1.31. The number of para-hydroxylation sites is 1. The molecule has 51 heavy (non-hydrogen) atoms. The number of hydrogen-bond donors (Lipinski definition) is 1. The van der Waals surface area contributed by atoms with E-state index >= 15 is 0 Å². The van der Waals surface area contributed by atoms with Crippen molar-refractivity contribution >= 4 is 44.7 Å². The van der Waals surface area contributed by atoms with Crippen LogP contribution in [0.2, 0.25) is 0 Å². The van der Waals surface area contributed by atoms with E-state index in [2.05, 4.69) is 51.4 Å². The maximum Gasteiger partial charge on any atom is 0.303 e. The highest BCUT2D eigenvalue weighted by Crippen LogP contribution is 2.47. The van der Waals surface area contributed by atoms with E-state index in [1.54, 1.807) is 19.2 Å². The van der Waals surface area contributed by atoms with Crippen LogP contribution in [0.15, 0.2) is 66.2 Å². The van der Waals surface area contributed by atoms with Crippen molar-refractivity contribution < 1.29 is 22.7 Å². The number of nitrogens with zero attached hydrogens (tertiary/aromatic N) is 4. The number of aromatic nitrogens is 1. The second kappa shape index (κ2) is 14.2. The molecule has 0 atom stereocenters. The van der Waals surface area contributed by atoms with Crippen LogP contribution >= 0.6 is 0 Å². The number of hydrogen-bond acceptors (Lipinski definition) is 6. The molecule has 10 nitrogen and oxygen atoms in total. The topological polar surface area (TPSA) is 104 Å². The number of amides is 2. The zero-order chi connectivity index (χ0) is 35.9. The van der Waals surface area contributed by atoms with Gasteiger partial charge in [-0.05, 0) is 84.3 Å². The average Bonchev–Trinajstić information content (AvgIpc) is 3.36. The summed E-state index contributed by atoms with van der Waals surface area (Å²) in [5.74, 6) is 0.322. The van der Waals surface area contributed by atoms with Gasteiger partial charge in [-0.15, -0.1) is 0 Å². The summed E-state index contributed by atoms with van der Waals surface area (Å²) in [5.41, 5.74) is 8.46. The van der Waals surface area contributed by atoms with Crippen LogP contribution in [0.3, 0.4) is 0 Å². The Morgan fingerprint density at radius 3 is 2.39 bits per heavy atom. The van der Waals surface area contributed by atoms with Gasteiger partial charge in [-0.1, -0.05) is 50.5 Å². The van der Waals surface area contributed by atoms with Gasteiger partial charge in [0.1, 0.15) is 5.75 Å². The van der Waals surface area contributed by atoms with Crippen molar-refractivity contribution in [3.8, 4) is 17.0 Å². The summed E-state index contributed by atoms with van der Waals surface area (Å²) in [4.78, 5) is 32.2. The van der Waals surface area contributed by atoms with Crippen LogP contribution in [-0.2, 0) is 28.0 Å². The predicted molar refractivity (Wildman–Crippen MR) is 202 cm³/mol. The van der Waals surface area contributed by atoms with Crippen LogP contribution < -0.4 is 14.4 Å². The monoisotopic (exact) mass is 709 g/mol. The number of anilines is 1. The van der Waals surface area contributed by atoms with E-state index in [1.807, 2.05) is 29.2 Å². The van der Waals surface area contributed by atoms with Gasteiger partial charge in [-0.2, -0.15) is 12.7 Å². The first-order chi connectivity index (χ1) is 24.6. The van der Waals surface area contributed by atoms with Gasteiger partial charge in [-0.3, -0.25) is 9.59 Å². The highest BCUT2D eigenvalue weighted by molar-refractivity contribution is 7.87. The summed E-state index contributed by atoms with van der Waals surface area (Å²) >= 11 is 0. The number of rotatable bonds is 8. The summed E-state index contributed by atoms with van der Waals surface area (Å²) in [7, 11) is 0.421. The van der Waals surface area contributed by atoms with Gasteiger partial charge in [0.05, 0.1) is 19.3 Å². The minimum atomic E-state index is -3.99. The quantitative estimate of drug-likeness (QED) is 0.234. The lowest BCUT2D eigenvalue weighted by Crippen LogP contribution is -2.49. The number of carbonyl (C=O) groups is 2. The molecule has 268 valence electrons. The molecule has 3 heterocycles. The van der Waals surface area contributed by atoms with Crippen LogP contribution in [0.25, 0.3) is 28.2 Å². The first-order valence-electron chi connectivity index (χ1n) is 18.0.